The molecule has 0 aromatic heterocycles. The molecule has 1 aliphatic heterocycles. The van der Waals surface area contributed by atoms with Gasteiger partial charge < -0.3 is 16.0 Å². The van der Waals surface area contributed by atoms with Gasteiger partial charge in [-0.15, -0.1) is 12.4 Å². The van der Waals surface area contributed by atoms with Crippen LogP contribution in [0, 0.1) is 5.92 Å². The summed E-state index contributed by atoms with van der Waals surface area (Å²) in [4.78, 5) is 27.6. The predicted octanol–water partition coefficient (Wildman–Crippen LogP) is 2.79. The molecule has 6 heteroatoms. The zero-order chi connectivity index (χ0) is 18.7. The van der Waals surface area contributed by atoms with Crippen molar-refractivity contribution in [3.05, 3.63) is 35.4 Å². The molecule has 1 aliphatic carbocycles. The van der Waals surface area contributed by atoms with Gasteiger partial charge in [0.1, 0.15) is 6.04 Å². The van der Waals surface area contributed by atoms with Gasteiger partial charge in [-0.05, 0) is 42.7 Å². The average molecular weight is 394 g/mol. The number of nitrogens with two attached hydrogens (primary N) is 1. The molecular weight excluding hydrogens is 362 g/mol. The summed E-state index contributed by atoms with van der Waals surface area (Å²) >= 11 is 0. The number of amides is 2. The highest BCUT2D eigenvalue weighted by atomic mass is 35.5. The van der Waals surface area contributed by atoms with Crippen LogP contribution in [0.25, 0.3) is 0 Å². The summed E-state index contributed by atoms with van der Waals surface area (Å²) in [7, 11) is 0. The molecule has 1 atom stereocenters. The van der Waals surface area contributed by atoms with Crippen LogP contribution in [0.5, 0.6) is 0 Å². The van der Waals surface area contributed by atoms with E-state index < -0.39 is 6.04 Å². The van der Waals surface area contributed by atoms with Crippen molar-refractivity contribution in [3.63, 3.8) is 0 Å². The van der Waals surface area contributed by atoms with Crippen LogP contribution in [-0.4, -0.2) is 34.8 Å². The number of hydrogen-bond donors (Lipinski definition) is 2. The van der Waals surface area contributed by atoms with E-state index in [0.717, 1.165) is 31.2 Å². The fourth-order valence-corrected chi connectivity index (χ4v) is 4.05. The van der Waals surface area contributed by atoms with Crippen LogP contribution < -0.4 is 11.1 Å². The summed E-state index contributed by atoms with van der Waals surface area (Å²) in [5, 5.41) is 3.19. The van der Waals surface area contributed by atoms with Gasteiger partial charge in [0.05, 0.1) is 0 Å². The van der Waals surface area contributed by atoms with E-state index in [0.29, 0.717) is 19.4 Å². The summed E-state index contributed by atoms with van der Waals surface area (Å²) in [6, 6.07) is 8.15. The third kappa shape index (κ3) is 5.45. The number of halogens is 1. The molecule has 1 unspecified atom stereocenters. The Morgan fingerprint density at radius 1 is 1.15 bits per heavy atom. The predicted molar refractivity (Wildman–Crippen MR) is 110 cm³/mol. The molecule has 0 spiro atoms. The van der Waals surface area contributed by atoms with Crippen molar-refractivity contribution in [3.8, 4) is 0 Å². The second-order valence-corrected chi connectivity index (χ2v) is 8.23. The fourth-order valence-electron chi connectivity index (χ4n) is 4.05. The average Bonchev–Trinajstić information content (AvgIpc) is 2.62. The largest absolute Gasteiger partial charge is 0.352 e. The molecule has 3 N–H and O–H groups in total. The lowest BCUT2D eigenvalue weighted by atomic mass is 9.90. The highest BCUT2D eigenvalue weighted by Crippen LogP contribution is 2.26. The minimum atomic E-state index is -0.410. The van der Waals surface area contributed by atoms with Gasteiger partial charge in [-0.2, -0.15) is 0 Å². The highest BCUT2D eigenvalue weighted by Gasteiger charge is 2.35. The number of nitrogens with one attached hydrogen (secondary N) is 1. The first-order valence-electron chi connectivity index (χ1n) is 9.86. The first kappa shape index (κ1) is 21.7. The van der Waals surface area contributed by atoms with Gasteiger partial charge in [0.2, 0.25) is 11.8 Å². The second-order valence-electron chi connectivity index (χ2n) is 8.23. The van der Waals surface area contributed by atoms with Crippen molar-refractivity contribution < 1.29 is 9.59 Å². The maximum Gasteiger partial charge on any atom is 0.243 e. The topological polar surface area (TPSA) is 75.4 Å². The Bertz CT molecular complexity index is 657. The number of hydrogen-bond acceptors (Lipinski definition) is 3. The Hall–Kier alpha value is -1.59. The number of benzene rings is 1. The van der Waals surface area contributed by atoms with E-state index in [9.17, 15) is 9.59 Å². The van der Waals surface area contributed by atoms with Gasteiger partial charge in [-0.1, -0.05) is 38.1 Å². The normalized spacial score (nSPS) is 24.7. The molecule has 27 heavy (non-hydrogen) atoms. The number of carbonyl (C=O) groups is 2. The van der Waals surface area contributed by atoms with Crippen LogP contribution in [0.4, 0.5) is 0 Å². The van der Waals surface area contributed by atoms with E-state index in [-0.39, 0.29) is 42.2 Å². The van der Waals surface area contributed by atoms with Crippen LogP contribution in [0.2, 0.25) is 0 Å². The van der Waals surface area contributed by atoms with Gasteiger partial charge in [-0.25, -0.2) is 0 Å². The minimum Gasteiger partial charge on any atom is -0.352 e. The van der Waals surface area contributed by atoms with Gasteiger partial charge in [0.25, 0.3) is 0 Å². The summed E-state index contributed by atoms with van der Waals surface area (Å²) in [5.74, 6) is 0.334. The van der Waals surface area contributed by atoms with E-state index in [4.69, 9.17) is 5.73 Å². The van der Waals surface area contributed by atoms with Gasteiger partial charge >= 0.3 is 0 Å². The van der Waals surface area contributed by atoms with Crippen molar-refractivity contribution in [2.45, 2.75) is 77.0 Å². The summed E-state index contributed by atoms with van der Waals surface area (Å²) in [5.41, 5.74) is 8.29. The molecule has 2 amide bonds. The molecule has 1 heterocycles. The van der Waals surface area contributed by atoms with Gasteiger partial charge in [-0.3, -0.25) is 9.59 Å². The van der Waals surface area contributed by atoms with E-state index in [2.05, 4.69) is 17.4 Å². The standard InChI is InChI=1S/C21H31N3O2.ClH/c1-14(2)11-20(25)24-13-16-6-4-3-5-15(16)12-19(24)21(26)23-18-9-7-17(22)8-10-18;/h3-6,14,17-19H,7-13,22H2,1-2H3,(H,23,26);1H. The molecule has 1 saturated carbocycles. The van der Waals surface area contributed by atoms with Crippen molar-refractivity contribution in [2.75, 3.05) is 0 Å². The Morgan fingerprint density at radius 2 is 1.78 bits per heavy atom. The number of carbonyl (C=O) groups excluding carboxylic acids is 2. The van der Waals surface area contributed by atoms with Crippen LogP contribution >= 0.6 is 12.4 Å². The first-order chi connectivity index (χ1) is 12.4. The number of rotatable bonds is 4. The summed E-state index contributed by atoms with van der Waals surface area (Å²) in [6.07, 6.45) is 4.83. The maximum absolute atomic E-state index is 13.0. The molecule has 5 nitrogen and oxygen atoms in total. The first-order valence-corrected chi connectivity index (χ1v) is 9.86. The summed E-state index contributed by atoms with van der Waals surface area (Å²) < 4.78 is 0. The monoisotopic (exact) mass is 393 g/mol. The van der Waals surface area contributed by atoms with Crippen LogP contribution in [0.1, 0.15) is 57.1 Å². The quantitative estimate of drug-likeness (QED) is 0.825. The zero-order valence-corrected chi connectivity index (χ0v) is 17.1. The fraction of sp³-hybridized carbons (Fsp3) is 0.619. The van der Waals surface area contributed by atoms with E-state index >= 15 is 0 Å². The van der Waals surface area contributed by atoms with E-state index in [1.165, 1.54) is 5.56 Å². The van der Waals surface area contributed by atoms with Crippen molar-refractivity contribution in [1.29, 1.82) is 0 Å². The Labute approximate surface area is 168 Å². The molecule has 1 aromatic carbocycles. The van der Waals surface area contributed by atoms with E-state index in [1.54, 1.807) is 4.90 Å². The molecule has 1 aromatic rings. The van der Waals surface area contributed by atoms with Crippen LogP contribution in [0.3, 0.4) is 0 Å². The van der Waals surface area contributed by atoms with Crippen LogP contribution in [-0.2, 0) is 22.6 Å². The molecule has 3 rings (SSSR count). The lowest BCUT2D eigenvalue weighted by Crippen LogP contribution is -2.55. The van der Waals surface area contributed by atoms with Gasteiger partial charge in [0, 0.05) is 31.5 Å². The molecule has 1 fully saturated rings. The third-order valence-electron chi connectivity index (χ3n) is 5.57. The number of fused-ring (bicyclic) bond motifs is 1. The zero-order valence-electron chi connectivity index (χ0n) is 16.3. The molecular formula is C21H32ClN3O2. The lowest BCUT2D eigenvalue weighted by molar-refractivity contribution is -0.142. The maximum atomic E-state index is 13.0. The van der Waals surface area contributed by atoms with E-state index in [1.807, 2.05) is 26.0 Å². The molecule has 2 aliphatic rings. The SMILES string of the molecule is CC(C)CC(=O)N1Cc2ccccc2CC1C(=O)NC1CCC(N)CC1.Cl. The Morgan fingerprint density at radius 3 is 2.41 bits per heavy atom. The van der Waals surface area contributed by atoms with Crippen LogP contribution in [0.15, 0.2) is 24.3 Å². The van der Waals surface area contributed by atoms with Crippen molar-refractivity contribution in [2.24, 2.45) is 11.7 Å². The lowest BCUT2D eigenvalue weighted by Gasteiger charge is -2.38. The number of nitrogens with zero attached hydrogens (tertiary/aromatic N) is 1. The summed E-state index contributed by atoms with van der Waals surface area (Å²) in [6.45, 7) is 4.60. The molecule has 0 saturated heterocycles. The van der Waals surface area contributed by atoms with Crippen molar-refractivity contribution >= 4 is 24.2 Å². The molecule has 150 valence electrons. The molecule has 0 radical (unpaired) electrons. The second kappa shape index (κ2) is 9.56. The molecule has 0 bridgehead atoms. The highest BCUT2D eigenvalue weighted by molar-refractivity contribution is 5.88. The van der Waals surface area contributed by atoms with Gasteiger partial charge in [0.15, 0.2) is 0 Å². The van der Waals surface area contributed by atoms with Crippen molar-refractivity contribution in [1.82, 2.24) is 10.2 Å². The Kier molecular flexibility index (Phi) is 7.68. The smallest absolute Gasteiger partial charge is 0.243 e. The minimum absolute atomic E-state index is 0. The Balaban J connectivity index is 0.00000261. The third-order valence-corrected chi connectivity index (χ3v) is 5.57.